The van der Waals surface area contributed by atoms with Crippen LogP contribution < -0.4 is 10.5 Å². The fourth-order valence-electron chi connectivity index (χ4n) is 2.53. The molecule has 2 aromatic carbocycles. The first-order valence-corrected chi connectivity index (χ1v) is 7.34. The lowest BCUT2D eigenvalue weighted by Gasteiger charge is -2.11. The number of rotatable bonds is 3. The minimum absolute atomic E-state index is 0.0263. The van der Waals surface area contributed by atoms with Gasteiger partial charge in [-0.05, 0) is 30.3 Å². The molecule has 0 aliphatic carbocycles. The summed E-state index contributed by atoms with van der Waals surface area (Å²) in [4.78, 5) is 4.23. The van der Waals surface area contributed by atoms with Crippen molar-refractivity contribution in [2.24, 2.45) is 0 Å². The smallest absolute Gasteiger partial charge is 0.142 e. The highest BCUT2D eigenvalue weighted by Crippen LogP contribution is 2.33. The van der Waals surface area contributed by atoms with E-state index in [1.54, 1.807) is 37.4 Å². The Balaban J connectivity index is 2.24. The van der Waals surface area contributed by atoms with Gasteiger partial charge in [0.25, 0.3) is 0 Å². The van der Waals surface area contributed by atoms with E-state index >= 15 is 0 Å². The first-order chi connectivity index (χ1) is 12.0. The summed E-state index contributed by atoms with van der Waals surface area (Å²) in [5.74, 6) is -0.883. The number of pyridine rings is 1. The zero-order chi connectivity index (χ0) is 18.0. The van der Waals surface area contributed by atoms with Crippen molar-refractivity contribution in [1.82, 2.24) is 4.98 Å². The normalized spacial score (nSPS) is 10.3. The molecule has 3 rings (SSSR count). The van der Waals surface area contributed by atoms with Gasteiger partial charge in [-0.15, -0.1) is 0 Å². The third-order valence-corrected chi connectivity index (χ3v) is 3.75. The van der Waals surface area contributed by atoms with Crippen LogP contribution in [0.3, 0.4) is 0 Å². The van der Waals surface area contributed by atoms with Gasteiger partial charge in [-0.2, -0.15) is 5.26 Å². The number of nitrogens with two attached hydrogens (primary N) is 1. The number of benzene rings is 2. The van der Waals surface area contributed by atoms with Crippen LogP contribution in [0.5, 0.6) is 5.75 Å². The predicted molar refractivity (Wildman–Crippen MR) is 90.7 cm³/mol. The van der Waals surface area contributed by atoms with E-state index in [4.69, 9.17) is 10.5 Å². The first kappa shape index (κ1) is 16.4. The fourth-order valence-corrected chi connectivity index (χ4v) is 2.53. The van der Waals surface area contributed by atoms with E-state index < -0.39 is 11.6 Å². The van der Waals surface area contributed by atoms with Crippen molar-refractivity contribution in [3.8, 4) is 34.2 Å². The third kappa shape index (κ3) is 3.12. The Morgan fingerprint density at radius 2 is 1.88 bits per heavy atom. The van der Waals surface area contributed by atoms with Crippen LogP contribution in [0.15, 0.2) is 48.5 Å². The van der Waals surface area contributed by atoms with Gasteiger partial charge in [-0.25, -0.2) is 13.8 Å². The molecule has 6 heteroatoms. The molecule has 1 aromatic heterocycles. The van der Waals surface area contributed by atoms with Gasteiger partial charge in [-0.1, -0.05) is 12.1 Å². The van der Waals surface area contributed by atoms with Crippen molar-refractivity contribution in [2.45, 2.75) is 0 Å². The molecule has 25 heavy (non-hydrogen) atoms. The Morgan fingerprint density at radius 3 is 2.56 bits per heavy atom. The van der Waals surface area contributed by atoms with Gasteiger partial charge in [0.15, 0.2) is 0 Å². The van der Waals surface area contributed by atoms with Crippen molar-refractivity contribution in [1.29, 1.82) is 5.26 Å². The summed E-state index contributed by atoms with van der Waals surface area (Å²) in [5, 5.41) is 9.36. The summed E-state index contributed by atoms with van der Waals surface area (Å²) in [7, 11) is 1.54. The van der Waals surface area contributed by atoms with Gasteiger partial charge in [0, 0.05) is 22.8 Å². The summed E-state index contributed by atoms with van der Waals surface area (Å²) in [6, 6.07) is 13.7. The SMILES string of the molecule is COc1cccc(-c2cc(-c3ccc(F)cc3F)c(C#N)c(N)n2)c1. The number of anilines is 1. The summed E-state index contributed by atoms with van der Waals surface area (Å²) in [5.41, 5.74) is 7.42. The molecule has 0 fully saturated rings. The molecule has 0 aliphatic heterocycles. The molecule has 1 heterocycles. The molecule has 0 aliphatic rings. The Bertz CT molecular complexity index is 996. The summed E-state index contributed by atoms with van der Waals surface area (Å²) in [6.45, 7) is 0. The number of nitrogens with zero attached hydrogens (tertiary/aromatic N) is 2. The molecule has 3 aromatic rings. The number of halogens is 2. The molecule has 0 atom stereocenters. The largest absolute Gasteiger partial charge is 0.497 e. The molecule has 2 N–H and O–H groups in total. The van der Waals surface area contributed by atoms with Crippen LogP contribution >= 0.6 is 0 Å². The molecule has 0 saturated carbocycles. The molecule has 0 unspecified atom stereocenters. The Kier molecular flexibility index (Phi) is 4.31. The van der Waals surface area contributed by atoms with Crippen LogP contribution in [0, 0.1) is 23.0 Å². The summed E-state index contributed by atoms with van der Waals surface area (Å²) >= 11 is 0. The summed E-state index contributed by atoms with van der Waals surface area (Å²) in [6.07, 6.45) is 0. The maximum atomic E-state index is 14.2. The average molecular weight is 337 g/mol. The quantitative estimate of drug-likeness (QED) is 0.779. The van der Waals surface area contributed by atoms with Crippen molar-refractivity contribution in [3.63, 3.8) is 0 Å². The zero-order valence-electron chi connectivity index (χ0n) is 13.3. The molecular weight excluding hydrogens is 324 g/mol. The third-order valence-electron chi connectivity index (χ3n) is 3.75. The number of hydrogen-bond donors (Lipinski definition) is 1. The fraction of sp³-hybridized carbons (Fsp3) is 0.0526. The predicted octanol–water partition coefficient (Wildman–Crippen LogP) is 4.16. The van der Waals surface area contributed by atoms with Crippen LogP contribution in [-0.2, 0) is 0 Å². The lowest BCUT2D eigenvalue weighted by molar-refractivity contribution is 0.415. The molecule has 0 bridgehead atoms. The van der Waals surface area contributed by atoms with Crippen molar-refractivity contribution in [2.75, 3.05) is 12.8 Å². The van der Waals surface area contributed by atoms with Gasteiger partial charge in [0.1, 0.15) is 34.8 Å². The van der Waals surface area contributed by atoms with Crippen molar-refractivity contribution < 1.29 is 13.5 Å². The van der Waals surface area contributed by atoms with Crippen LogP contribution in [0.2, 0.25) is 0 Å². The Labute approximate surface area is 143 Å². The van der Waals surface area contributed by atoms with Gasteiger partial charge >= 0.3 is 0 Å². The van der Waals surface area contributed by atoms with E-state index in [-0.39, 0.29) is 22.5 Å². The number of nitriles is 1. The van der Waals surface area contributed by atoms with Crippen LogP contribution in [0.4, 0.5) is 14.6 Å². The second-order valence-electron chi connectivity index (χ2n) is 5.28. The monoisotopic (exact) mass is 337 g/mol. The highest BCUT2D eigenvalue weighted by atomic mass is 19.1. The standard InChI is InChI=1S/C19H13F2N3O/c1-25-13-4-2-3-11(7-13)18-9-15(16(10-22)19(23)24-18)14-6-5-12(20)8-17(14)21/h2-9H,1H3,(H2,23,24). The molecule has 0 radical (unpaired) electrons. The van der Waals surface area contributed by atoms with E-state index in [1.807, 2.05) is 6.07 Å². The molecule has 4 nitrogen and oxygen atoms in total. The Hall–Kier alpha value is -3.46. The maximum absolute atomic E-state index is 14.2. The number of nitrogen functional groups attached to an aromatic ring is 1. The minimum atomic E-state index is -0.779. The average Bonchev–Trinajstić information content (AvgIpc) is 2.61. The van der Waals surface area contributed by atoms with Gasteiger partial charge in [0.2, 0.25) is 0 Å². The minimum Gasteiger partial charge on any atom is -0.497 e. The molecule has 0 saturated heterocycles. The van der Waals surface area contributed by atoms with Crippen LogP contribution in [0.25, 0.3) is 22.4 Å². The number of aromatic nitrogens is 1. The van der Waals surface area contributed by atoms with Crippen LogP contribution in [0.1, 0.15) is 5.56 Å². The second-order valence-corrected chi connectivity index (χ2v) is 5.28. The zero-order valence-corrected chi connectivity index (χ0v) is 13.3. The van der Waals surface area contributed by atoms with Crippen molar-refractivity contribution in [3.05, 3.63) is 65.7 Å². The molecule has 0 amide bonds. The summed E-state index contributed by atoms with van der Waals surface area (Å²) < 4.78 is 32.6. The lowest BCUT2D eigenvalue weighted by atomic mass is 9.98. The van der Waals surface area contributed by atoms with E-state index in [2.05, 4.69) is 4.98 Å². The number of ether oxygens (including phenoxy) is 1. The maximum Gasteiger partial charge on any atom is 0.142 e. The van der Waals surface area contributed by atoms with E-state index in [0.717, 1.165) is 12.1 Å². The number of hydrogen-bond acceptors (Lipinski definition) is 4. The molecule has 0 spiro atoms. The second kappa shape index (κ2) is 6.57. The van der Waals surface area contributed by atoms with E-state index in [9.17, 15) is 14.0 Å². The highest BCUT2D eigenvalue weighted by molar-refractivity contribution is 5.80. The van der Waals surface area contributed by atoms with Crippen LogP contribution in [-0.4, -0.2) is 12.1 Å². The van der Waals surface area contributed by atoms with Crippen molar-refractivity contribution >= 4 is 5.82 Å². The topological polar surface area (TPSA) is 71.9 Å². The van der Waals surface area contributed by atoms with Gasteiger partial charge in [0.05, 0.1) is 12.8 Å². The van der Waals surface area contributed by atoms with Gasteiger partial charge < -0.3 is 10.5 Å². The first-order valence-electron chi connectivity index (χ1n) is 7.34. The molecule has 124 valence electrons. The molecular formula is C19H13F2N3O. The Morgan fingerprint density at radius 1 is 1.08 bits per heavy atom. The van der Waals surface area contributed by atoms with E-state index in [1.165, 1.54) is 6.07 Å². The number of methoxy groups -OCH3 is 1. The van der Waals surface area contributed by atoms with E-state index in [0.29, 0.717) is 17.0 Å². The van der Waals surface area contributed by atoms with Gasteiger partial charge in [-0.3, -0.25) is 0 Å². The lowest BCUT2D eigenvalue weighted by Crippen LogP contribution is -2.01. The highest BCUT2D eigenvalue weighted by Gasteiger charge is 2.17.